The van der Waals surface area contributed by atoms with Gasteiger partial charge in [0.2, 0.25) is 0 Å². The van der Waals surface area contributed by atoms with Crippen molar-refractivity contribution in [3.63, 3.8) is 0 Å². The summed E-state index contributed by atoms with van der Waals surface area (Å²) in [6, 6.07) is 0. The van der Waals surface area contributed by atoms with Gasteiger partial charge < -0.3 is 0 Å². The molecule has 0 aliphatic carbocycles. The van der Waals surface area contributed by atoms with Crippen LogP contribution < -0.4 is 0 Å². The summed E-state index contributed by atoms with van der Waals surface area (Å²) < 4.78 is 19.5. The number of alkyl halides is 1. The van der Waals surface area contributed by atoms with Gasteiger partial charge in [0, 0.05) is 21.4 Å². The molecule has 0 aliphatic heterocycles. The molecule has 0 aromatic rings. The molecule has 8 heavy (non-hydrogen) atoms. The average molecular weight is 291 g/mol. The maximum atomic E-state index is 9.16. The zero-order chi connectivity index (χ0) is 7.21. The van der Waals surface area contributed by atoms with E-state index in [1.165, 1.54) is 4.43 Å². The van der Waals surface area contributed by atoms with Crippen LogP contribution in [0.1, 0.15) is 6.92 Å². The van der Waals surface area contributed by atoms with Gasteiger partial charge in [-0.15, -0.1) is 0 Å². The predicted octanol–water partition coefficient (Wildman–Crippen LogP) is 2.15. The molecule has 0 aromatic heterocycles. The average Bonchev–Trinajstić information content (AvgIpc) is 1.27. The third-order valence-corrected chi connectivity index (χ3v) is 0. The zero-order valence-electron chi connectivity index (χ0n) is 4.07. The maximum absolute atomic E-state index is 9.16. The number of hydrogen-bond acceptors (Lipinski definition) is 2. The summed E-state index contributed by atoms with van der Waals surface area (Å²) >= 11 is 2.29. The van der Waals surface area contributed by atoms with Gasteiger partial charge in [0.1, 0.15) is 0 Å². The first-order valence-corrected chi connectivity index (χ1v) is 6.28. The standard InChI is InChI=1S/C2H5I.Cl2O2S/c1-2-3;1-5(2,3)4/h2H2,1H3;. The largest absolute Gasteiger partial charge is 0.317 e. The first-order chi connectivity index (χ1) is 3.41. The fraction of sp³-hybridized carbons (Fsp3) is 1.00. The van der Waals surface area contributed by atoms with Crippen LogP contribution in [0.25, 0.3) is 0 Å². The predicted molar refractivity (Wildman–Crippen MR) is 45.2 cm³/mol. The molecule has 0 radical (unpaired) electrons. The van der Waals surface area contributed by atoms with Gasteiger partial charge >= 0.3 is 8.26 Å². The summed E-state index contributed by atoms with van der Waals surface area (Å²) in [5.74, 6) is 0. The molecule has 0 bridgehead atoms. The van der Waals surface area contributed by atoms with E-state index in [2.05, 4.69) is 50.9 Å². The Morgan fingerprint density at radius 2 is 1.50 bits per heavy atom. The third-order valence-electron chi connectivity index (χ3n) is 0. The summed E-state index contributed by atoms with van der Waals surface area (Å²) in [6.45, 7) is 2.11. The highest BCUT2D eigenvalue weighted by Crippen LogP contribution is 1.98. The van der Waals surface area contributed by atoms with E-state index in [4.69, 9.17) is 8.42 Å². The van der Waals surface area contributed by atoms with Crippen molar-refractivity contribution in [2.45, 2.75) is 6.92 Å². The first-order valence-electron chi connectivity index (χ1n) is 1.62. The fourth-order valence-corrected chi connectivity index (χ4v) is 0. The first kappa shape index (κ1) is 12.0. The normalized spacial score (nSPS) is 9.50. The summed E-state index contributed by atoms with van der Waals surface area (Å²) in [6.07, 6.45) is 0. The molecule has 0 amide bonds. The summed E-state index contributed by atoms with van der Waals surface area (Å²) in [5, 5.41) is 0. The minimum Gasteiger partial charge on any atom is -0.195 e. The van der Waals surface area contributed by atoms with Crippen LogP contribution in [0, 0.1) is 0 Å². The molecular weight excluding hydrogens is 286 g/mol. The summed E-state index contributed by atoms with van der Waals surface area (Å²) in [4.78, 5) is 0. The van der Waals surface area contributed by atoms with Crippen molar-refractivity contribution in [3.8, 4) is 0 Å². The minimum atomic E-state index is -3.72. The van der Waals surface area contributed by atoms with Crippen LogP contribution in [0.2, 0.25) is 0 Å². The molecule has 52 valence electrons. The van der Waals surface area contributed by atoms with Crippen molar-refractivity contribution in [2.75, 3.05) is 4.43 Å². The molecule has 0 saturated heterocycles. The lowest BCUT2D eigenvalue weighted by Gasteiger charge is -1.61. The van der Waals surface area contributed by atoms with Gasteiger partial charge in [-0.25, -0.2) is 0 Å². The van der Waals surface area contributed by atoms with Crippen molar-refractivity contribution in [3.05, 3.63) is 0 Å². The van der Waals surface area contributed by atoms with Gasteiger partial charge in [0.15, 0.2) is 0 Å². The molecule has 0 aliphatic rings. The number of rotatable bonds is 0. The second-order valence-electron chi connectivity index (χ2n) is 0.646. The highest BCUT2D eigenvalue weighted by Gasteiger charge is 1.88. The zero-order valence-corrected chi connectivity index (χ0v) is 8.55. The number of halogens is 3. The lowest BCUT2D eigenvalue weighted by molar-refractivity contribution is 0.621. The molecule has 0 atom stereocenters. The van der Waals surface area contributed by atoms with Gasteiger partial charge in [0.05, 0.1) is 0 Å². The molecule has 0 aromatic carbocycles. The Kier molecular flexibility index (Phi) is 9.56. The SMILES string of the molecule is CCI.O=S(=O)(Cl)Cl. The van der Waals surface area contributed by atoms with Crippen LogP contribution >= 0.6 is 44.0 Å². The van der Waals surface area contributed by atoms with Gasteiger partial charge in [-0.3, -0.25) is 0 Å². The highest BCUT2D eigenvalue weighted by molar-refractivity contribution is 14.1. The van der Waals surface area contributed by atoms with E-state index < -0.39 is 8.26 Å². The van der Waals surface area contributed by atoms with Gasteiger partial charge in [-0.2, -0.15) is 8.42 Å². The topological polar surface area (TPSA) is 34.1 Å². The second kappa shape index (κ2) is 6.38. The Labute approximate surface area is 71.6 Å². The molecule has 0 unspecified atom stereocenters. The van der Waals surface area contributed by atoms with E-state index in [1.54, 1.807) is 0 Å². The lowest BCUT2D eigenvalue weighted by Crippen LogP contribution is -1.63. The van der Waals surface area contributed by atoms with E-state index in [0.717, 1.165) is 0 Å². The summed E-state index contributed by atoms with van der Waals surface area (Å²) in [5.41, 5.74) is 0. The van der Waals surface area contributed by atoms with Gasteiger partial charge in [-0.1, -0.05) is 29.5 Å². The van der Waals surface area contributed by atoms with Gasteiger partial charge in [0.25, 0.3) is 0 Å². The second-order valence-corrected chi connectivity index (χ2v) is 5.84. The van der Waals surface area contributed by atoms with Crippen molar-refractivity contribution >= 4 is 52.2 Å². The highest BCUT2D eigenvalue weighted by atomic mass is 127. The van der Waals surface area contributed by atoms with Crippen LogP contribution in [0.5, 0.6) is 0 Å². The molecule has 6 heteroatoms. The molecule has 0 rings (SSSR count). The molecule has 0 fully saturated rings. The van der Waals surface area contributed by atoms with Crippen molar-refractivity contribution in [1.82, 2.24) is 0 Å². The van der Waals surface area contributed by atoms with Crippen LogP contribution in [0.15, 0.2) is 0 Å². The Hall–Kier alpha value is 1.26. The van der Waals surface area contributed by atoms with Crippen LogP contribution in [-0.2, 0) is 8.26 Å². The lowest BCUT2D eigenvalue weighted by atomic mass is 11.0. The molecule has 2 nitrogen and oxygen atoms in total. The fourth-order valence-electron chi connectivity index (χ4n) is 0. The smallest absolute Gasteiger partial charge is 0.195 e. The van der Waals surface area contributed by atoms with Crippen LogP contribution in [0.3, 0.4) is 0 Å². The Morgan fingerprint density at radius 3 is 1.50 bits per heavy atom. The molecule has 0 heterocycles. The van der Waals surface area contributed by atoms with Crippen molar-refractivity contribution in [2.24, 2.45) is 0 Å². The third kappa shape index (κ3) is 179. The van der Waals surface area contributed by atoms with Crippen molar-refractivity contribution in [1.29, 1.82) is 0 Å². The molecule has 0 N–H and O–H groups in total. The van der Waals surface area contributed by atoms with Crippen molar-refractivity contribution < 1.29 is 8.42 Å². The van der Waals surface area contributed by atoms with E-state index >= 15 is 0 Å². The number of hydrogen-bond donors (Lipinski definition) is 0. The molecular formula is C2H5Cl2IO2S. The van der Waals surface area contributed by atoms with Crippen LogP contribution in [-0.4, -0.2) is 12.8 Å². The maximum Gasteiger partial charge on any atom is 0.317 e. The van der Waals surface area contributed by atoms with E-state index in [-0.39, 0.29) is 0 Å². The van der Waals surface area contributed by atoms with E-state index in [0.29, 0.717) is 0 Å². The monoisotopic (exact) mass is 290 g/mol. The van der Waals surface area contributed by atoms with Crippen LogP contribution in [0.4, 0.5) is 0 Å². The van der Waals surface area contributed by atoms with E-state index in [9.17, 15) is 0 Å². The Morgan fingerprint density at radius 1 is 1.50 bits per heavy atom. The van der Waals surface area contributed by atoms with Gasteiger partial charge in [-0.05, 0) is 4.43 Å². The van der Waals surface area contributed by atoms with E-state index in [1.807, 2.05) is 0 Å². The summed E-state index contributed by atoms with van der Waals surface area (Å²) in [7, 11) is 4.81. The Balaban J connectivity index is 0. The quantitative estimate of drug-likeness (QED) is 0.389. The molecule has 0 spiro atoms. The minimum absolute atomic E-state index is 1.22. The molecule has 0 saturated carbocycles. The Bertz CT molecular complexity index is 112.